The number of pyridine rings is 1. The minimum atomic E-state index is -3.46. The summed E-state index contributed by atoms with van der Waals surface area (Å²) in [5, 5.41) is 0. The van der Waals surface area contributed by atoms with Gasteiger partial charge >= 0.3 is 10.2 Å². The summed E-state index contributed by atoms with van der Waals surface area (Å²) in [6, 6.07) is 1.93. The minimum Gasteiger partial charge on any atom is -0.269 e. The topological polar surface area (TPSA) is 62.3 Å². The van der Waals surface area contributed by atoms with Gasteiger partial charge in [0.15, 0.2) is 0 Å². The van der Waals surface area contributed by atoms with Gasteiger partial charge in [0.25, 0.3) is 0 Å². The van der Waals surface area contributed by atoms with E-state index in [9.17, 15) is 8.42 Å². The Morgan fingerprint density at radius 2 is 2.26 bits per heavy atom. The molecule has 104 valence electrons. The summed E-state index contributed by atoms with van der Waals surface area (Å²) < 4.78 is 29.9. The standard InChI is InChI=1S/C12H16BrN3O2S/c1-8-12(5-10(13)6-14-8)15-19(17,18)16-7-9-2-3-11(16)4-9/h5-6,9,11,15H,2-4,7H2,1H3. The van der Waals surface area contributed by atoms with Crippen LogP contribution >= 0.6 is 15.9 Å². The molecule has 1 saturated carbocycles. The van der Waals surface area contributed by atoms with Gasteiger partial charge in [-0.05, 0) is 54.1 Å². The summed E-state index contributed by atoms with van der Waals surface area (Å²) in [7, 11) is -3.46. The highest BCUT2D eigenvalue weighted by Gasteiger charge is 2.43. The second kappa shape index (κ2) is 4.71. The van der Waals surface area contributed by atoms with Crippen LogP contribution < -0.4 is 4.72 Å². The lowest BCUT2D eigenvalue weighted by Crippen LogP contribution is -2.41. The Kier molecular flexibility index (Phi) is 3.31. The van der Waals surface area contributed by atoms with Gasteiger partial charge in [0.05, 0.1) is 11.4 Å². The monoisotopic (exact) mass is 345 g/mol. The van der Waals surface area contributed by atoms with Crippen LogP contribution in [-0.4, -0.2) is 30.3 Å². The largest absolute Gasteiger partial charge is 0.301 e. The third kappa shape index (κ3) is 2.51. The second-order valence-corrected chi connectivity index (χ2v) is 7.84. The van der Waals surface area contributed by atoms with Crippen molar-refractivity contribution in [2.24, 2.45) is 5.92 Å². The van der Waals surface area contributed by atoms with Crippen molar-refractivity contribution in [3.8, 4) is 0 Å². The van der Waals surface area contributed by atoms with Gasteiger partial charge < -0.3 is 0 Å². The smallest absolute Gasteiger partial charge is 0.269 e. The number of hydrogen-bond acceptors (Lipinski definition) is 3. The molecule has 1 saturated heterocycles. The fraction of sp³-hybridized carbons (Fsp3) is 0.583. The molecular weight excluding hydrogens is 330 g/mol. The van der Waals surface area contributed by atoms with E-state index in [0.29, 0.717) is 23.8 Å². The summed E-state index contributed by atoms with van der Waals surface area (Å²) in [4.78, 5) is 4.15. The van der Waals surface area contributed by atoms with Crippen LogP contribution in [0.3, 0.4) is 0 Å². The lowest BCUT2D eigenvalue weighted by molar-refractivity contribution is 0.335. The first-order valence-electron chi connectivity index (χ1n) is 6.37. The fourth-order valence-corrected chi connectivity index (χ4v) is 4.91. The number of hydrogen-bond donors (Lipinski definition) is 1. The molecule has 2 aliphatic rings. The predicted molar refractivity (Wildman–Crippen MR) is 77.1 cm³/mol. The highest BCUT2D eigenvalue weighted by atomic mass is 79.9. The van der Waals surface area contributed by atoms with Gasteiger partial charge in [-0.3, -0.25) is 9.71 Å². The van der Waals surface area contributed by atoms with Crippen molar-refractivity contribution in [3.63, 3.8) is 0 Å². The van der Waals surface area contributed by atoms with Crippen LogP contribution in [0.1, 0.15) is 25.0 Å². The van der Waals surface area contributed by atoms with Crippen molar-refractivity contribution in [1.82, 2.24) is 9.29 Å². The lowest BCUT2D eigenvalue weighted by Gasteiger charge is -2.26. The van der Waals surface area contributed by atoms with Crippen LogP contribution in [0.4, 0.5) is 5.69 Å². The molecule has 2 fully saturated rings. The van der Waals surface area contributed by atoms with Crippen LogP contribution in [0.15, 0.2) is 16.7 Å². The number of nitrogens with zero attached hydrogens (tertiary/aromatic N) is 2. The molecule has 2 heterocycles. The third-order valence-corrected chi connectivity index (χ3v) is 5.94. The van der Waals surface area contributed by atoms with Crippen molar-refractivity contribution in [1.29, 1.82) is 0 Å². The lowest BCUT2D eigenvalue weighted by atomic mass is 10.1. The van der Waals surface area contributed by atoms with Crippen LogP contribution in [-0.2, 0) is 10.2 Å². The Hall–Kier alpha value is -0.660. The molecule has 0 radical (unpaired) electrons. The van der Waals surface area contributed by atoms with Gasteiger partial charge in [-0.1, -0.05) is 0 Å². The molecule has 1 aliphatic heterocycles. The SMILES string of the molecule is Cc1ncc(Br)cc1NS(=O)(=O)N1CC2CCC1C2. The van der Waals surface area contributed by atoms with Gasteiger partial charge in [0, 0.05) is 23.3 Å². The minimum absolute atomic E-state index is 0.183. The van der Waals surface area contributed by atoms with Crippen LogP contribution in [0.2, 0.25) is 0 Å². The number of anilines is 1. The van der Waals surface area contributed by atoms with E-state index in [0.717, 1.165) is 23.7 Å². The van der Waals surface area contributed by atoms with Gasteiger partial charge in [-0.25, -0.2) is 0 Å². The molecule has 2 unspecified atom stereocenters. The zero-order chi connectivity index (χ0) is 13.6. The number of halogens is 1. The normalized spacial score (nSPS) is 26.8. The number of rotatable bonds is 3. The first-order valence-corrected chi connectivity index (χ1v) is 8.61. The molecule has 5 nitrogen and oxygen atoms in total. The maximum atomic E-state index is 12.4. The zero-order valence-corrected chi connectivity index (χ0v) is 13.0. The highest BCUT2D eigenvalue weighted by molar-refractivity contribution is 9.10. The zero-order valence-electron chi connectivity index (χ0n) is 10.6. The van der Waals surface area contributed by atoms with E-state index in [1.807, 2.05) is 0 Å². The van der Waals surface area contributed by atoms with Gasteiger partial charge in [0.1, 0.15) is 0 Å². The highest BCUT2D eigenvalue weighted by Crippen LogP contribution is 2.39. The molecular formula is C12H16BrN3O2S. The predicted octanol–water partition coefficient (Wildman–Crippen LogP) is 2.29. The van der Waals surface area contributed by atoms with Crippen LogP contribution in [0.25, 0.3) is 0 Å². The van der Waals surface area contributed by atoms with E-state index in [2.05, 4.69) is 25.6 Å². The van der Waals surface area contributed by atoms with Crippen molar-refractivity contribution in [2.45, 2.75) is 32.2 Å². The summed E-state index contributed by atoms with van der Waals surface area (Å²) in [5.41, 5.74) is 1.22. The second-order valence-electron chi connectivity index (χ2n) is 5.30. The molecule has 2 bridgehead atoms. The van der Waals surface area contributed by atoms with E-state index in [4.69, 9.17) is 0 Å². The van der Waals surface area contributed by atoms with E-state index in [1.165, 1.54) is 0 Å². The summed E-state index contributed by atoms with van der Waals surface area (Å²) in [6.07, 6.45) is 4.82. The Bertz CT molecular complexity index is 605. The van der Waals surface area contributed by atoms with Crippen molar-refractivity contribution >= 4 is 31.8 Å². The van der Waals surface area contributed by atoms with Gasteiger partial charge in [0.2, 0.25) is 0 Å². The molecule has 7 heteroatoms. The fourth-order valence-electron chi connectivity index (χ4n) is 2.98. The Balaban J connectivity index is 1.84. The van der Waals surface area contributed by atoms with Crippen molar-refractivity contribution in [2.75, 3.05) is 11.3 Å². The molecule has 0 spiro atoms. The molecule has 1 aromatic rings. The van der Waals surface area contributed by atoms with Crippen molar-refractivity contribution < 1.29 is 8.42 Å². The van der Waals surface area contributed by atoms with E-state index < -0.39 is 10.2 Å². The van der Waals surface area contributed by atoms with E-state index in [-0.39, 0.29) is 6.04 Å². The Morgan fingerprint density at radius 1 is 1.47 bits per heavy atom. The quantitative estimate of drug-likeness (QED) is 0.914. The average molecular weight is 346 g/mol. The molecule has 1 aromatic heterocycles. The average Bonchev–Trinajstić information content (AvgIpc) is 2.96. The number of aryl methyl sites for hydroxylation is 1. The third-order valence-electron chi connectivity index (χ3n) is 3.96. The molecule has 0 amide bonds. The van der Waals surface area contributed by atoms with Crippen LogP contribution in [0, 0.1) is 12.8 Å². The number of fused-ring (bicyclic) bond motifs is 2. The molecule has 1 aliphatic carbocycles. The van der Waals surface area contributed by atoms with Gasteiger partial charge in [-0.2, -0.15) is 12.7 Å². The van der Waals surface area contributed by atoms with Crippen LogP contribution in [0.5, 0.6) is 0 Å². The number of aromatic nitrogens is 1. The van der Waals surface area contributed by atoms with E-state index >= 15 is 0 Å². The molecule has 19 heavy (non-hydrogen) atoms. The van der Waals surface area contributed by atoms with E-state index in [1.54, 1.807) is 23.5 Å². The summed E-state index contributed by atoms with van der Waals surface area (Å²) in [6.45, 7) is 2.45. The molecule has 2 atom stereocenters. The number of piperidine rings is 1. The van der Waals surface area contributed by atoms with Gasteiger partial charge in [-0.15, -0.1) is 0 Å². The first kappa shape index (κ1) is 13.3. The maximum absolute atomic E-state index is 12.4. The Labute approximate surface area is 121 Å². The van der Waals surface area contributed by atoms with Crippen molar-refractivity contribution in [3.05, 3.63) is 22.4 Å². The summed E-state index contributed by atoms with van der Waals surface area (Å²) in [5.74, 6) is 0.545. The Morgan fingerprint density at radius 3 is 2.89 bits per heavy atom. The molecule has 0 aromatic carbocycles. The summed E-state index contributed by atoms with van der Waals surface area (Å²) >= 11 is 3.31. The molecule has 3 rings (SSSR count). The molecule has 1 N–H and O–H groups in total. The number of nitrogens with one attached hydrogen (secondary N) is 1. The maximum Gasteiger partial charge on any atom is 0.301 e. The first-order chi connectivity index (χ1) is 8.95.